The number of hydrazone groups is 1. The summed E-state index contributed by atoms with van der Waals surface area (Å²) in [4.78, 5) is 20.1. The molecule has 3 N–H and O–H groups in total. The van der Waals surface area contributed by atoms with E-state index in [-0.39, 0.29) is 48.3 Å². The summed E-state index contributed by atoms with van der Waals surface area (Å²) in [5.74, 6) is -3.60. The van der Waals surface area contributed by atoms with Gasteiger partial charge in [0.05, 0.1) is 35.1 Å². The highest BCUT2D eigenvalue weighted by molar-refractivity contribution is 5.87. The van der Waals surface area contributed by atoms with Crippen LogP contribution in [-0.4, -0.2) is 32.3 Å². The van der Waals surface area contributed by atoms with E-state index in [1.165, 1.54) is 23.4 Å². The van der Waals surface area contributed by atoms with Crippen LogP contribution in [-0.2, 0) is 29.2 Å². The smallest absolute Gasteiger partial charge is 0.367 e. The third-order valence-corrected chi connectivity index (χ3v) is 6.95. The Morgan fingerprint density at radius 3 is 2.44 bits per heavy atom. The van der Waals surface area contributed by atoms with Crippen LogP contribution < -0.4 is 5.73 Å². The molecule has 4 aromatic rings. The summed E-state index contributed by atoms with van der Waals surface area (Å²) in [7, 11) is 0. The minimum absolute atomic E-state index is 0.0283. The molecule has 226 valence electrons. The molecule has 3 heterocycles. The van der Waals surface area contributed by atoms with Crippen molar-refractivity contribution in [2.24, 2.45) is 10.8 Å². The maximum atomic E-state index is 14.4. The molecule has 0 spiro atoms. The van der Waals surface area contributed by atoms with Gasteiger partial charge in [0.2, 0.25) is 0 Å². The van der Waals surface area contributed by atoms with Gasteiger partial charge in [-0.1, -0.05) is 30.6 Å². The van der Waals surface area contributed by atoms with Crippen molar-refractivity contribution in [2.75, 3.05) is 0 Å². The van der Waals surface area contributed by atoms with E-state index < -0.39 is 57.8 Å². The first-order chi connectivity index (χ1) is 20.2. The lowest BCUT2D eigenvalue weighted by Crippen LogP contribution is -2.53. The van der Waals surface area contributed by atoms with Crippen molar-refractivity contribution in [3.63, 3.8) is 0 Å². The summed E-state index contributed by atoms with van der Waals surface area (Å²) in [6.45, 7) is 1.48. The molecule has 0 radical (unpaired) electrons. The van der Waals surface area contributed by atoms with Crippen LogP contribution in [0.4, 0.5) is 35.1 Å². The molecule has 1 unspecified atom stereocenters. The number of carbonyl (C=O) groups excluding carboxylic acids is 1. The average molecular weight is 612 g/mol. The third kappa shape index (κ3) is 5.21. The molecule has 2 aromatic heterocycles. The molecule has 16 heteroatoms. The number of hydrogen-bond donors (Lipinski definition) is 2. The van der Waals surface area contributed by atoms with Crippen LogP contribution in [0, 0.1) is 11.6 Å². The van der Waals surface area contributed by atoms with Gasteiger partial charge in [0, 0.05) is 11.6 Å². The van der Waals surface area contributed by atoms with E-state index in [0.29, 0.717) is 17.8 Å². The molecule has 2 aromatic carbocycles. The van der Waals surface area contributed by atoms with E-state index in [1.807, 2.05) is 0 Å². The predicted molar refractivity (Wildman–Crippen MR) is 135 cm³/mol. The molecule has 8 nitrogen and oxygen atoms in total. The minimum Gasteiger partial charge on any atom is -0.367 e. The summed E-state index contributed by atoms with van der Waals surface area (Å²) in [6, 6.07) is 5.56. The SMILES string of the molecule is CCCC(C(N)=O)(c1cc(-c2ccc(C(F)(F)F)cc2C(F)(F)F)no1)N1Cc2[nH]c(-c3cccc(F)c3F)nc2C=N1. The van der Waals surface area contributed by atoms with Gasteiger partial charge in [-0.15, -0.1) is 0 Å². The van der Waals surface area contributed by atoms with Gasteiger partial charge < -0.3 is 15.2 Å². The molecule has 0 saturated carbocycles. The van der Waals surface area contributed by atoms with Gasteiger partial charge in [-0.3, -0.25) is 9.80 Å². The molecule has 1 aliphatic heterocycles. The lowest BCUT2D eigenvalue weighted by molar-refractivity contribution is -0.142. The Morgan fingerprint density at radius 2 is 1.79 bits per heavy atom. The lowest BCUT2D eigenvalue weighted by atomic mass is 9.87. The molecule has 1 amide bonds. The molecule has 0 bridgehead atoms. The van der Waals surface area contributed by atoms with Crippen LogP contribution in [0.5, 0.6) is 0 Å². The van der Waals surface area contributed by atoms with Gasteiger partial charge >= 0.3 is 12.4 Å². The first-order valence-corrected chi connectivity index (χ1v) is 12.6. The second kappa shape index (κ2) is 10.5. The first kappa shape index (κ1) is 29.7. The average Bonchev–Trinajstić information content (AvgIpc) is 3.59. The second-order valence-electron chi connectivity index (χ2n) is 9.66. The predicted octanol–water partition coefficient (Wildman–Crippen LogP) is 6.38. The van der Waals surface area contributed by atoms with E-state index in [4.69, 9.17) is 10.3 Å². The Bertz CT molecular complexity index is 1720. The number of aromatic amines is 1. The molecule has 0 aliphatic carbocycles. The number of halogens is 8. The monoisotopic (exact) mass is 612 g/mol. The van der Waals surface area contributed by atoms with E-state index in [1.54, 1.807) is 6.92 Å². The highest BCUT2D eigenvalue weighted by Crippen LogP contribution is 2.43. The first-order valence-electron chi connectivity index (χ1n) is 12.6. The Hall–Kier alpha value is -4.76. The fourth-order valence-electron chi connectivity index (χ4n) is 4.90. The number of nitrogens with zero attached hydrogens (tertiary/aromatic N) is 4. The molecule has 1 aliphatic rings. The van der Waals surface area contributed by atoms with Crippen LogP contribution in [0.25, 0.3) is 22.6 Å². The number of fused-ring (bicyclic) bond motifs is 1. The second-order valence-corrected chi connectivity index (χ2v) is 9.66. The number of carbonyl (C=O) groups is 1. The Kier molecular flexibility index (Phi) is 7.26. The number of aromatic nitrogens is 3. The zero-order valence-corrected chi connectivity index (χ0v) is 21.9. The third-order valence-electron chi connectivity index (χ3n) is 6.95. The minimum atomic E-state index is -5.19. The summed E-state index contributed by atoms with van der Waals surface area (Å²) in [5.41, 5.74) is -0.0492. The number of H-pyrrole nitrogens is 1. The molecule has 43 heavy (non-hydrogen) atoms. The largest absolute Gasteiger partial charge is 0.417 e. The van der Waals surface area contributed by atoms with E-state index in [2.05, 4.69) is 20.2 Å². The molecular formula is C27H20F8N6O2. The number of imidazole rings is 1. The summed E-state index contributed by atoms with van der Waals surface area (Å²) < 4.78 is 114. The van der Waals surface area contributed by atoms with Crippen LogP contribution in [0.3, 0.4) is 0 Å². The number of amides is 1. The van der Waals surface area contributed by atoms with Crippen molar-refractivity contribution in [3.8, 4) is 22.6 Å². The molecule has 0 saturated heterocycles. The Labute approximate surface area is 237 Å². The van der Waals surface area contributed by atoms with Gasteiger partial charge in [0.25, 0.3) is 5.91 Å². The van der Waals surface area contributed by atoms with Gasteiger partial charge in [-0.05, 0) is 30.7 Å². The van der Waals surface area contributed by atoms with Crippen molar-refractivity contribution in [2.45, 2.75) is 44.2 Å². The topological polar surface area (TPSA) is 113 Å². The quantitative estimate of drug-likeness (QED) is 0.235. The zero-order chi connectivity index (χ0) is 31.3. The van der Waals surface area contributed by atoms with Crippen molar-refractivity contribution >= 4 is 12.1 Å². The maximum Gasteiger partial charge on any atom is 0.417 e. The Balaban J connectivity index is 1.56. The molecule has 0 fully saturated rings. The molecular weight excluding hydrogens is 592 g/mol. The van der Waals surface area contributed by atoms with Crippen molar-refractivity contribution < 1.29 is 44.4 Å². The van der Waals surface area contributed by atoms with Gasteiger partial charge in [0.15, 0.2) is 22.9 Å². The van der Waals surface area contributed by atoms with E-state index in [9.17, 15) is 39.9 Å². The lowest BCUT2D eigenvalue weighted by Gasteiger charge is -2.38. The molecule has 1 atom stereocenters. The standard InChI is InChI=1S/C27H20F8N6O2/c1-2-8-25(24(36)42,41-12-20-19(11-37-41)38-23(39-20)15-4-3-5-17(28)22(15)29)21-10-18(40-43-21)14-7-6-13(26(30,31)32)9-16(14)27(33,34)35/h3-7,9-11H,2,8,12H2,1H3,(H2,36,42)(H,38,39). The summed E-state index contributed by atoms with van der Waals surface area (Å²) in [5, 5.41) is 9.08. The summed E-state index contributed by atoms with van der Waals surface area (Å²) in [6.07, 6.45) is -8.78. The highest BCUT2D eigenvalue weighted by Gasteiger charge is 2.49. The van der Waals surface area contributed by atoms with Crippen LogP contribution >= 0.6 is 0 Å². The van der Waals surface area contributed by atoms with Crippen molar-refractivity contribution in [1.82, 2.24) is 20.1 Å². The number of nitrogens with one attached hydrogen (secondary N) is 1. The number of primary amides is 1. The van der Waals surface area contributed by atoms with Gasteiger partial charge in [-0.2, -0.15) is 31.4 Å². The van der Waals surface area contributed by atoms with Crippen LogP contribution in [0.15, 0.2) is 52.1 Å². The number of alkyl halides is 6. The number of rotatable bonds is 7. The maximum absolute atomic E-state index is 14.4. The molecule has 5 rings (SSSR count). The van der Waals surface area contributed by atoms with Crippen LogP contribution in [0.2, 0.25) is 0 Å². The number of benzene rings is 2. The fourth-order valence-corrected chi connectivity index (χ4v) is 4.90. The van der Waals surface area contributed by atoms with Gasteiger partial charge in [-0.25, -0.2) is 13.8 Å². The number of nitrogens with two attached hydrogens (primary N) is 1. The van der Waals surface area contributed by atoms with E-state index >= 15 is 0 Å². The van der Waals surface area contributed by atoms with Crippen molar-refractivity contribution in [3.05, 3.63) is 82.4 Å². The Morgan fingerprint density at radius 1 is 1.05 bits per heavy atom. The zero-order valence-electron chi connectivity index (χ0n) is 21.9. The number of hydrogen-bond acceptors (Lipinski definition) is 6. The van der Waals surface area contributed by atoms with Gasteiger partial charge in [0.1, 0.15) is 17.2 Å². The van der Waals surface area contributed by atoms with Crippen LogP contribution in [0.1, 0.15) is 48.0 Å². The fraction of sp³-hybridized carbons (Fsp3) is 0.259. The summed E-state index contributed by atoms with van der Waals surface area (Å²) >= 11 is 0. The highest BCUT2D eigenvalue weighted by atomic mass is 19.4. The van der Waals surface area contributed by atoms with Crippen molar-refractivity contribution in [1.29, 1.82) is 0 Å². The van der Waals surface area contributed by atoms with E-state index in [0.717, 1.165) is 12.1 Å². The normalized spacial score (nSPS) is 15.0.